The molecule has 0 spiro atoms. The van der Waals surface area contributed by atoms with E-state index in [1.807, 2.05) is 0 Å². The number of nitrogens with one attached hydrogen (secondary N) is 1. The average Bonchev–Trinajstić information content (AvgIpc) is 3.32. The van der Waals surface area contributed by atoms with Gasteiger partial charge in [0.15, 0.2) is 0 Å². The number of morpholine rings is 1. The lowest BCUT2D eigenvalue weighted by Gasteiger charge is -2.26. The summed E-state index contributed by atoms with van der Waals surface area (Å²) in [6, 6.07) is 0.763. The Labute approximate surface area is 124 Å². The minimum absolute atomic E-state index is 0.254. The van der Waals surface area contributed by atoms with E-state index < -0.39 is 0 Å². The summed E-state index contributed by atoms with van der Waals surface area (Å²) in [6.07, 6.45) is 2.63. The molecular formula is C13H23N7O. The van der Waals surface area contributed by atoms with Crippen LogP contribution in [0.25, 0.3) is 0 Å². The van der Waals surface area contributed by atoms with Gasteiger partial charge in [-0.25, -0.2) is 0 Å². The third-order valence-corrected chi connectivity index (χ3v) is 3.85. The zero-order valence-electron chi connectivity index (χ0n) is 12.5. The van der Waals surface area contributed by atoms with Gasteiger partial charge in [0, 0.05) is 32.2 Å². The van der Waals surface area contributed by atoms with Crippen molar-refractivity contribution in [3.63, 3.8) is 0 Å². The third-order valence-electron chi connectivity index (χ3n) is 3.85. The van der Waals surface area contributed by atoms with Gasteiger partial charge in [0.25, 0.3) is 0 Å². The van der Waals surface area contributed by atoms with Gasteiger partial charge in [-0.1, -0.05) is 0 Å². The quantitative estimate of drug-likeness (QED) is 0.745. The Morgan fingerprint density at radius 3 is 2.76 bits per heavy atom. The first-order valence-electron chi connectivity index (χ1n) is 7.51. The molecule has 2 heterocycles. The van der Waals surface area contributed by atoms with Crippen molar-refractivity contribution in [3.8, 4) is 0 Å². The van der Waals surface area contributed by atoms with Crippen molar-refractivity contribution in [1.82, 2.24) is 19.9 Å². The minimum atomic E-state index is 0.254. The van der Waals surface area contributed by atoms with E-state index in [4.69, 9.17) is 10.5 Å². The van der Waals surface area contributed by atoms with Crippen LogP contribution in [0.4, 0.5) is 17.8 Å². The van der Waals surface area contributed by atoms with Crippen LogP contribution in [0.2, 0.25) is 0 Å². The average molecular weight is 293 g/mol. The van der Waals surface area contributed by atoms with Gasteiger partial charge in [0.1, 0.15) is 0 Å². The van der Waals surface area contributed by atoms with Gasteiger partial charge in [-0.2, -0.15) is 15.0 Å². The Morgan fingerprint density at radius 2 is 2.05 bits per heavy atom. The van der Waals surface area contributed by atoms with Crippen molar-refractivity contribution in [1.29, 1.82) is 0 Å². The topological polar surface area (TPSA) is 92.4 Å². The summed E-state index contributed by atoms with van der Waals surface area (Å²) in [4.78, 5) is 17.3. The van der Waals surface area contributed by atoms with E-state index in [0.717, 1.165) is 32.2 Å². The molecule has 21 heavy (non-hydrogen) atoms. The highest BCUT2D eigenvalue weighted by Gasteiger charge is 2.25. The number of aromatic nitrogens is 3. The lowest BCUT2D eigenvalue weighted by atomic mass is 10.4. The number of anilines is 3. The van der Waals surface area contributed by atoms with E-state index >= 15 is 0 Å². The summed E-state index contributed by atoms with van der Waals surface area (Å²) < 4.78 is 5.34. The molecule has 0 aromatic carbocycles. The van der Waals surface area contributed by atoms with Gasteiger partial charge < -0.3 is 25.6 Å². The molecule has 0 unspecified atom stereocenters. The normalized spacial score (nSPS) is 19.0. The number of ether oxygens (including phenoxy) is 1. The number of hydrogen-bond donors (Lipinski definition) is 2. The van der Waals surface area contributed by atoms with Crippen LogP contribution in [-0.4, -0.2) is 72.3 Å². The molecule has 2 fully saturated rings. The Hall–Kier alpha value is -1.67. The van der Waals surface area contributed by atoms with Crippen LogP contribution in [0.5, 0.6) is 0 Å². The highest BCUT2D eigenvalue weighted by atomic mass is 16.5. The predicted molar refractivity (Wildman–Crippen MR) is 81.4 cm³/mol. The van der Waals surface area contributed by atoms with Gasteiger partial charge in [-0.3, -0.25) is 0 Å². The molecular weight excluding hydrogens is 270 g/mol. The molecule has 0 radical (unpaired) electrons. The predicted octanol–water partition coefficient (Wildman–Crippen LogP) is -0.203. The maximum Gasteiger partial charge on any atom is 0.232 e. The van der Waals surface area contributed by atoms with Crippen LogP contribution in [0.15, 0.2) is 0 Å². The SMILES string of the molecule is CN(CCNc1nc(N)nc(N2CCOCC2)n1)C1CC1. The first kappa shape index (κ1) is 14.3. The summed E-state index contributed by atoms with van der Waals surface area (Å²) in [7, 11) is 2.15. The minimum Gasteiger partial charge on any atom is -0.378 e. The Bertz CT molecular complexity index is 474. The van der Waals surface area contributed by atoms with Gasteiger partial charge in [0.05, 0.1) is 13.2 Å². The highest BCUT2D eigenvalue weighted by molar-refractivity contribution is 5.42. The van der Waals surface area contributed by atoms with Crippen LogP contribution in [-0.2, 0) is 4.74 Å². The van der Waals surface area contributed by atoms with Crippen LogP contribution in [0.1, 0.15) is 12.8 Å². The van der Waals surface area contributed by atoms with Gasteiger partial charge in [0.2, 0.25) is 17.8 Å². The molecule has 0 bridgehead atoms. The highest BCUT2D eigenvalue weighted by Crippen LogP contribution is 2.24. The first-order valence-corrected chi connectivity index (χ1v) is 7.51. The molecule has 1 aromatic heterocycles. The number of likely N-dealkylation sites (N-methyl/N-ethyl adjacent to an activating group) is 1. The van der Waals surface area contributed by atoms with Gasteiger partial charge >= 0.3 is 0 Å². The summed E-state index contributed by atoms with van der Waals surface area (Å²) >= 11 is 0. The molecule has 3 N–H and O–H groups in total. The molecule has 1 saturated carbocycles. The third kappa shape index (κ3) is 3.92. The lowest BCUT2D eigenvalue weighted by Crippen LogP contribution is -2.37. The van der Waals surface area contributed by atoms with Crippen LogP contribution in [0.3, 0.4) is 0 Å². The van der Waals surface area contributed by atoms with E-state index in [1.165, 1.54) is 12.8 Å². The van der Waals surface area contributed by atoms with E-state index in [1.54, 1.807) is 0 Å². The Kier molecular flexibility index (Phi) is 4.35. The molecule has 1 saturated heterocycles. The van der Waals surface area contributed by atoms with E-state index in [2.05, 4.69) is 37.1 Å². The number of hydrogen-bond acceptors (Lipinski definition) is 8. The zero-order chi connectivity index (χ0) is 14.7. The second-order valence-electron chi connectivity index (χ2n) is 5.56. The summed E-state index contributed by atoms with van der Waals surface area (Å²) in [5.74, 6) is 1.43. The van der Waals surface area contributed by atoms with Crippen LogP contribution < -0.4 is 16.0 Å². The molecule has 1 aliphatic heterocycles. The lowest BCUT2D eigenvalue weighted by molar-refractivity contribution is 0.122. The van der Waals surface area contributed by atoms with Crippen molar-refractivity contribution in [2.24, 2.45) is 0 Å². The second kappa shape index (κ2) is 6.40. The summed E-state index contributed by atoms with van der Waals surface area (Å²) in [5.41, 5.74) is 5.79. The second-order valence-corrected chi connectivity index (χ2v) is 5.56. The van der Waals surface area contributed by atoms with E-state index in [9.17, 15) is 0 Å². The van der Waals surface area contributed by atoms with Crippen LogP contribution in [0, 0.1) is 0 Å². The maximum atomic E-state index is 5.79. The summed E-state index contributed by atoms with van der Waals surface area (Å²) in [5, 5.41) is 3.24. The largest absolute Gasteiger partial charge is 0.378 e. The van der Waals surface area contributed by atoms with E-state index in [-0.39, 0.29) is 5.95 Å². The number of nitrogens with zero attached hydrogens (tertiary/aromatic N) is 5. The van der Waals surface area contributed by atoms with Crippen molar-refractivity contribution in [2.75, 3.05) is 62.4 Å². The fraction of sp³-hybridized carbons (Fsp3) is 0.769. The molecule has 1 aliphatic carbocycles. The first-order chi connectivity index (χ1) is 10.2. The number of nitrogen functional groups attached to an aromatic ring is 1. The molecule has 8 heteroatoms. The standard InChI is InChI=1S/C13H23N7O/c1-19(10-2-3-10)5-4-15-12-16-11(14)17-13(18-12)20-6-8-21-9-7-20/h10H,2-9H2,1H3,(H3,14,15,16,17,18). The smallest absolute Gasteiger partial charge is 0.232 e. The molecule has 116 valence electrons. The van der Waals surface area contributed by atoms with Crippen LogP contribution >= 0.6 is 0 Å². The fourth-order valence-corrected chi connectivity index (χ4v) is 2.41. The van der Waals surface area contributed by atoms with E-state index in [0.29, 0.717) is 25.1 Å². The van der Waals surface area contributed by atoms with Crippen molar-refractivity contribution >= 4 is 17.8 Å². The van der Waals surface area contributed by atoms with Gasteiger partial charge in [-0.05, 0) is 19.9 Å². The number of nitrogens with two attached hydrogens (primary N) is 1. The Morgan fingerprint density at radius 1 is 1.29 bits per heavy atom. The monoisotopic (exact) mass is 293 g/mol. The molecule has 2 aliphatic rings. The van der Waals surface area contributed by atoms with Crippen molar-refractivity contribution in [2.45, 2.75) is 18.9 Å². The fourth-order valence-electron chi connectivity index (χ4n) is 2.41. The van der Waals surface area contributed by atoms with Crippen molar-refractivity contribution < 1.29 is 4.74 Å². The molecule has 0 atom stereocenters. The molecule has 0 amide bonds. The van der Waals surface area contributed by atoms with Crippen molar-refractivity contribution in [3.05, 3.63) is 0 Å². The zero-order valence-corrected chi connectivity index (χ0v) is 12.5. The maximum absolute atomic E-state index is 5.79. The van der Waals surface area contributed by atoms with Gasteiger partial charge in [-0.15, -0.1) is 0 Å². The summed E-state index contributed by atoms with van der Waals surface area (Å²) in [6.45, 7) is 4.74. The Balaban J connectivity index is 1.57. The number of rotatable bonds is 6. The molecule has 3 rings (SSSR count). The molecule has 8 nitrogen and oxygen atoms in total. The molecule has 1 aromatic rings.